The number of carbonyl (C=O) groups excluding carboxylic acids is 1. The summed E-state index contributed by atoms with van der Waals surface area (Å²) in [6.07, 6.45) is 2.58. The lowest BCUT2D eigenvalue weighted by molar-refractivity contribution is -0.137. The molecule has 3 heteroatoms. The van der Waals surface area contributed by atoms with Crippen molar-refractivity contribution >= 4 is 5.97 Å². The zero-order valence-corrected chi connectivity index (χ0v) is 8.90. The van der Waals surface area contributed by atoms with Gasteiger partial charge in [-0.15, -0.1) is 0 Å². The summed E-state index contributed by atoms with van der Waals surface area (Å²) in [5, 5.41) is 0. The molecule has 80 valence electrons. The molecule has 0 atom stereocenters. The van der Waals surface area contributed by atoms with Gasteiger partial charge in [0.15, 0.2) is 0 Å². The highest BCUT2D eigenvalue weighted by Crippen LogP contribution is 2.12. The first kappa shape index (κ1) is 11.3. The smallest absolute Gasteiger partial charge is 0.333 e. The van der Waals surface area contributed by atoms with Gasteiger partial charge in [0.1, 0.15) is 5.75 Å². The second-order valence-corrected chi connectivity index (χ2v) is 2.99. The van der Waals surface area contributed by atoms with E-state index in [1.165, 1.54) is 12.3 Å². The Labute approximate surface area is 89.3 Å². The normalized spacial score (nSPS) is 10.3. The zero-order chi connectivity index (χ0) is 11.1. The molecule has 0 unspecified atom stereocenters. The van der Waals surface area contributed by atoms with Gasteiger partial charge in [0, 0.05) is 0 Å². The van der Waals surface area contributed by atoms with E-state index in [-0.39, 0.29) is 0 Å². The van der Waals surface area contributed by atoms with Crippen molar-refractivity contribution in [1.82, 2.24) is 0 Å². The third-order valence-corrected chi connectivity index (χ3v) is 1.68. The highest BCUT2D eigenvalue weighted by atomic mass is 16.5. The molecule has 0 saturated carbocycles. The monoisotopic (exact) mass is 206 g/mol. The van der Waals surface area contributed by atoms with E-state index >= 15 is 0 Å². The number of benzene rings is 1. The summed E-state index contributed by atoms with van der Waals surface area (Å²) in [6.45, 7) is 4.10. The molecule has 0 aromatic heterocycles. The van der Waals surface area contributed by atoms with Crippen LogP contribution < -0.4 is 4.74 Å². The van der Waals surface area contributed by atoms with Crippen molar-refractivity contribution in [3.63, 3.8) is 0 Å². The number of esters is 1. The minimum Gasteiger partial charge on any atom is -0.465 e. The molecule has 0 aliphatic carbocycles. The van der Waals surface area contributed by atoms with Crippen LogP contribution in [0.25, 0.3) is 0 Å². The minimum atomic E-state index is -0.398. The first-order valence-corrected chi connectivity index (χ1v) is 4.79. The van der Waals surface area contributed by atoms with E-state index in [1.807, 2.05) is 31.2 Å². The van der Waals surface area contributed by atoms with Gasteiger partial charge < -0.3 is 9.47 Å². The van der Waals surface area contributed by atoms with Crippen LogP contribution >= 0.6 is 0 Å². The van der Waals surface area contributed by atoms with E-state index in [0.717, 1.165) is 5.56 Å². The van der Waals surface area contributed by atoms with Crippen LogP contribution in [0.4, 0.5) is 0 Å². The van der Waals surface area contributed by atoms with Gasteiger partial charge in [0.2, 0.25) is 0 Å². The molecule has 15 heavy (non-hydrogen) atoms. The quantitative estimate of drug-likeness (QED) is 0.431. The summed E-state index contributed by atoms with van der Waals surface area (Å²) >= 11 is 0. The van der Waals surface area contributed by atoms with E-state index < -0.39 is 5.97 Å². The number of hydrogen-bond acceptors (Lipinski definition) is 3. The molecule has 0 bridgehead atoms. The molecular weight excluding hydrogens is 192 g/mol. The van der Waals surface area contributed by atoms with Gasteiger partial charge in [-0.2, -0.15) is 0 Å². The largest absolute Gasteiger partial charge is 0.465 e. The molecule has 0 saturated heterocycles. The Balaban J connectivity index is 2.46. The Bertz CT molecular complexity index is 356. The lowest BCUT2D eigenvalue weighted by atomic mass is 10.2. The van der Waals surface area contributed by atoms with Gasteiger partial charge in [0.05, 0.1) is 18.9 Å². The Morgan fingerprint density at radius 2 is 2.27 bits per heavy atom. The third-order valence-electron chi connectivity index (χ3n) is 1.68. The maximum absolute atomic E-state index is 10.9. The van der Waals surface area contributed by atoms with Gasteiger partial charge in [0.25, 0.3) is 0 Å². The maximum Gasteiger partial charge on any atom is 0.333 e. The zero-order valence-electron chi connectivity index (χ0n) is 8.90. The van der Waals surface area contributed by atoms with Gasteiger partial charge >= 0.3 is 5.97 Å². The molecule has 3 nitrogen and oxygen atoms in total. The van der Waals surface area contributed by atoms with Crippen molar-refractivity contribution in [3.05, 3.63) is 42.2 Å². The SMILES string of the molecule is CCOC(=O)/C=C/Oc1cccc(C)c1. The molecule has 0 spiro atoms. The predicted octanol–water partition coefficient (Wildman–Crippen LogP) is 2.45. The predicted molar refractivity (Wildman–Crippen MR) is 57.6 cm³/mol. The van der Waals surface area contributed by atoms with Crippen LogP contribution in [0, 0.1) is 6.92 Å². The van der Waals surface area contributed by atoms with E-state index in [0.29, 0.717) is 12.4 Å². The van der Waals surface area contributed by atoms with E-state index in [2.05, 4.69) is 0 Å². The van der Waals surface area contributed by atoms with Crippen molar-refractivity contribution in [2.75, 3.05) is 6.61 Å². The van der Waals surface area contributed by atoms with Gasteiger partial charge in [-0.1, -0.05) is 12.1 Å². The highest BCUT2D eigenvalue weighted by Gasteiger charge is 1.94. The van der Waals surface area contributed by atoms with Crippen molar-refractivity contribution < 1.29 is 14.3 Å². The van der Waals surface area contributed by atoms with E-state index in [9.17, 15) is 4.79 Å². The number of aryl methyl sites for hydroxylation is 1. The Morgan fingerprint density at radius 1 is 1.47 bits per heavy atom. The number of ether oxygens (including phenoxy) is 2. The first-order chi connectivity index (χ1) is 7.22. The first-order valence-electron chi connectivity index (χ1n) is 4.79. The van der Waals surface area contributed by atoms with Crippen molar-refractivity contribution in [2.24, 2.45) is 0 Å². The number of carbonyl (C=O) groups is 1. The summed E-state index contributed by atoms with van der Waals surface area (Å²) in [5.74, 6) is 0.306. The highest BCUT2D eigenvalue weighted by molar-refractivity contribution is 5.81. The average molecular weight is 206 g/mol. The van der Waals surface area contributed by atoms with E-state index in [4.69, 9.17) is 9.47 Å². The molecule has 0 amide bonds. The molecule has 1 rings (SSSR count). The molecule has 1 aromatic rings. The lowest BCUT2D eigenvalue weighted by Gasteiger charge is -2.00. The molecule has 0 heterocycles. The fraction of sp³-hybridized carbons (Fsp3) is 0.250. The molecule has 0 aliphatic rings. The number of hydrogen-bond donors (Lipinski definition) is 0. The standard InChI is InChI=1S/C12H14O3/c1-3-14-12(13)7-8-15-11-6-4-5-10(2)9-11/h4-9H,3H2,1-2H3/b8-7+. The fourth-order valence-corrected chi connectivity index (χ4v) is 1.05. The Morgan fingerprint density at radius 3 is 2.93 bits per heavy atom. The molecule has 0 radical (unpaired) electrons. The molecule has 1 aromatic carbocycles. The third kappa shape index (κ3) is 4.31. The summed E-state index contributed by atoms with van der Waals surface area (Å²) in [7, 11) is 0. The molecule has 0 N–H and O–H groups in total. The molecule has 0 aliphatic heterocycles. The van der Waals surface area contributed by atoms with Crippen LogP contribution in [0.1, 0.15) is 12.5 Å². The Hall–Kier alpha value is -1.77. The summed E-state index contributed by atoms with van der Waals surface area (Å²) < 4.78 is 9.92. The topological polar surface area (TPSA) is 35.5 Å². The average Bonchev–Trinajstić information content (AvgIpc) is 2.18. The maximum atomic E-state index is 10.9. The van der Waals surface area contributed by atoms with Crippen LogP contribution in [-0.2, 0) is 9.53 Å². The lowest BCUT2D eigenvalue weighted by Crippen LogP contribution is -1.99. The van der Waals surface area contributed by atoms with Crippen LogP contribution in [-0.4, -0.2) is 12.6 Å². The van der Waals surface area contributed by atoms with Crippen molar-refractivity contribution in [1.29, 1.82) is 0 Å². The van der Waals surface area contributed by atoms with Crippen LogP contribution in [0.15, 0.2) is 36.6 Å². The summed E-state index contributed by atoms with van der Waals surface area (Å²) in [4.78, 5) is 10.9. The number of rotatable bonds is 4. The van der Waals surface area contributed by atoms with Gasteiger partial charge in [-0.3, -0.25) is 0 Å². The van der Waals surface area contributed by atoms with Crippen LogP contribution in [0.5, 0.6) is 5.75 Å². The second-order valence-electron chi connectivity index (χ2n) is 2.99. The van der Waals surface area contributed by atoms with Gasteiger partial charge in [-0.25, -0.2) is 4.79 Å². The van der Waals surface area contributed by atoms with Crippen molar-refractivity contribution in [3.8, 4) is 5.75 Å². The molecule has 0 fully saturated rings. The van der Waals surface area contributed by atoms with Crippen LogP contribution in [0.2, 0.25) is 0 Å². The molecular formula is C12H14O3. The Kier molecular flexibility index (Phi) is 4.41. The second kappa shape index (κ2) is 5.86. The van der Waals surface area contributed by atoms with Gasteiger partial charge in [-0.05, 0) is 31.5 Å². The van der Waals surface area contributed by atoms with E-state index in [1.54, 1.807) is 6.92 Å². The van der Waals surface area contributed by atoms with Crippen LogP contribution in [0.3, 0.4) is 0 Å². The summed E-state index contributed by atoms with van der Waals surface area (Å²) in [5.41, 5.74) is 1.11. The summed E-state index contributed by atoms with van der Waals surface area (Å²) in [6, 6.07) is 7.57. The fourth-order valence-electron chi connectivity index (χ4n) is 1.05. The van der Waals surface area contributed by atoms with Crippen molar-refractivity contribution in [2.45, 2.75) is 13.8 Å². The minimum absolute atomic E-state index is 0.369.